The maximum atomic E-state index is 13.4. The number of ketones is 2. The Labute approximate surface area is 184 Å². The molecule has 0 heterocycles. The van der Waals surface area contributed by atoms with Crippen molar-refractivity contribution in [3.8, 4) is 0 Å². The van der Waals surface area contributed by atoms with Crippen molar-refractivity contribution >= 4 is 23.5 Å². The number of likely N-dealkylation sites (N-methyl/N-ethyl adjacent to an activating group) is 1. The Balaban J connectivity index is 1.91. The summed E-state index contributed by atoms with van der Waals surface area (Å²) in [6.07, 6.45) is 5.08. The second kappa shape index (κ2) is 8.85. The first kappa shape index (κ1) is 23.6. The van der Waals surface area contributed by atoms with Crippen molar-refractivity contribution in [3.05, 3.63) is 11.6 Å². The Hall–Kier alpha value is -2.02. The molecular weight excluding hydrogens is 398 g/mol. The van der Waals surface area contributed by atoms with Gasteiger partial charge in [-0.1, -0.05) is 25.8 Å². The average Bonchev–Trinajstić information content (AvgIpc) is 2.73. The van der Waals surface area contributed by atoms with Crippen molar-refractivity contribution in [1.82, 2.24) is 5.32 Å². The highest BCUT2D eigenvalue weighted by Gasteiger charge is 2.66. The number of esters is 2. The smallest absolute Gasteiger partial charge is 0.330 e. The highest BCUT2D eigenvalue weighted by Crippen LogP contribution is 2.63. The van der Waals surface area contributed by atoms with Crippen LogP contribution in [-0.2, 0) is 28.7 Å². The number of rotatable bonds is 5. The van der Waals surface area contributed by atoms with E-state index in [0.717, 1.165) is 18.4 Å². The first-order valence-corrected chi connectivity index (χ1v) is 11.3. The minimum Gasteiger partial charge on any atom is -0.469 e. The number of hydrogen-bond acceptors (Lipinski definition) is 7. The molecule has 7 heteroatoms. The van der Waals surface area contributed by atoms with Gasteiger partial charge < -0.3 is 14.8 Å². The normalized spacial score (nSPS) is 38.9. The van der Waals surface area contributed by atoms with Gasteiger partial charge in [0.25, 0.3) is 0 Å². The third-order valence-corrected chi connectivity index (χ3v) is 8.22. The first-order valence-electron chi connectivity index (χ1n) is 11.3. The number of hydrogen-bond donors (Lipinski definition) is 1. The highest BCUT2D eigenvalue weighted by atomic mass is 16.5. The van der Waals surface area contributed by atoms with E-state index in [1.165, 1.54) is 13.2 Å². The molecule has 1 N–H and O–H groups in total. The molecule has 0 saturated heterocycles. The Bertz CT molecular complexity index is 804. The number of ether oxygens (including phenoxy) is 2. The van der Waals surface area contributed by atoms with E-state index >= 15 is 0 Å². The average molecular weight is 434 g/mol. The summed E-state index contributed by atoms with van der Waals surface area (Å²) in [5.41, 5.74) is -0.551. The van der Waals surface area contributed by atoms with Crippen LogP contribution in [0, 0.1) is 34.5 Å². The van der Waals surface area contributed by atoms with E-state index in [2.05, 4.69) is 12.2 Å². The molecule has 6 atom stereocenters. The number of methoxy groups -OCH3 is 1. The van der Waals surface area contributed by atoms with Crippen molar-refractivity contribution in [2.45, 2.75) is 52.9 Å². The van der Waals surface area contributed by atoms with Crippen LogP contribution in [0.15, 0.2) is 11.6 Å². The quantitative estimate of drug-likeness (QED) is 0.308. The van der Waals surface area contributed by atoms with E-state index in [1.807, 2.05) is 6.92 Å². The molecular formula is C24H35NO6. The van der Waals surface area contributed by atoms with Gasteiger partial charge in [0.2, 0.25) is 11.6 Å². The standard InChI is InChI=1S/C24H35NO6/c1-14-15(13-17(26)31-12-11-25-4)7-8-16-18(14)19(27)20(28)21-23(16,2)9-6-10-24(21,3)22(29)30-5/h13-14,16,18,21,25H,6-12H2,1-5H3/b15-13-/t14-,16-,18-,21-,23+,24-/m0/s1. The highest BCUT2D eigenvalue weighted by molar-refractivity contribution is 6.40. The van der Waals surface area contributed by atoms with Gasteiger partial charge in [0.05, 0.1) is 12.5 Å². The van der Waals surface area contributed by atoms with Crippen LogP contribution in [0.2, 0.25) is 0 Å². The summed E-state index contributed by atoms with van der Waals surface area (Å²) < 4.78 is 10.3. The summed E-state index contributed by atoms with van der Waals surface area (Å²) in [7, 11) is 3.12. The zero-order valence-electron chi connectivity index (χ0n) is 19.3. The fourth-order valence-corrected chi connectivity index (χ4v) is 6.71. The molecule has 3 fully saturated rings. The maximum absolute atomic E-state index is 13.4. The summed E-state index contributed by atoms with van der Waals surface area (Å²) in [6.45, 7) is 6.64. The van der Waals surface area contributed by atoms with Crippen LogP contribution in [0.4, 0.5) is 0 Å². The summed E-state index contributed by atoms with van der Waals surface area (Å²) in [6, 6.07) is 0. The Morgan fingerprint density at radius 2 is 1.90 bits per heavy atom. The van der Waals surface area contributed by atoms with Crippen molar-refractivity contribution in [1.29, 1.82) is 0 Å². The molecule has 0 radical (unpaired) electrons. The van der Waals surface area contributed by atoms with E-state index in [9.17, 15) is 19.2 Å². The second-order valence-electron chi connectivity index (χ2n) is 9.88. The molecule has 0 aromatic carbocycles. The van der Waals surface area contributed by atoms with E-state index in [4.69, 9.17) is 9.47 Å². The van der Waals surface area contributed by atoms with Crippen LogP contribution in [0.5, 0.6) is 0 Å². The lowest BCUT2D eigenvalue weighted by Crippen LogP contribution is -2.63. The fourth-order valence-electron chi connectivity index (χ4n) is 6.71. The van der Waals surface area contributed by atoms with Gasteiger partial charge in [0.15, 0.2) is 0 Å². The van der Waals surface area contributed by atoms with Crippen LogP contribution in [0.3, 0.4) is 0 Å². The molecule has 3 saturated carbocycles. The Morgan fingerprint density at radius 1 is 1.19 bits per heavy atom. The predicted octanol–water partition coefficient (Wildman–Crippen LogP) is 2.48. The summed E-state index contributed by atoms with van der Waals surface area (Å²) >= 11 is 0. The zero-order valence-corrected chi connectivity index (χ0v) is 19.3. The third-order valence-electron chi connectivity index (χ3n) is 8.22. The van der Waals surface area contributed by atoms with E-state index in [-0.39, 0.29) is 18.4 Å². The molecule has 0 aromatic heterocycles. The predicted molar refractivity (Wildman–Crippen MR) is 114 cm³/mol. The molecule has 172 valence electrons. The van der Waals surface area contributed by atoms with Crippen molar-refractivity contribution in [2.75, 3.05) is 27.3 Å². The van der Waals surface area contributed by atoms with Crippen LogP contribution < -0.4 is 5.32 Å². The first-order chi connectivity index (χ1) is 14.6. The van der Waals surface area contributed by atoms with Crippen LogP contribution in [0.1, 0.15) is 52.9 Å². The van der Waals surface area contributed by atoms with E-state index in [1.54, 1.807) is 14.0 Å². The molecule has 3 aliphatic rings. The van der Waals surface area contributed by atoms with Crippen LogP contribution in [-0.4, -0.2) is 50.8 Å². The number of carbonyl (C=O) groups is 4. The van der Waals surface area contributed by atoms with Gasteiger partial charge in [-0.15, -0.1) is 0 Å². The van der Waals surface area contributed by atoms with Gasteiger partial charge in [0.1, 0.15) is 6.61 Å². The molecule has 0 aromatic rings. The monoisotopic (exact) mass is 433 g/mol. The van der Waals surface area contributed by atoms with Gasteiger partial charge >= 0.3 is 11.9 Å². The van der Waals surface area contributed by atoms with Crippen molar-refractivity contribution < 1.29 is 28.7 Å². The van der Waals surface area contributed by atoms with Gasteiger partial charge in [-0.25, -0.2) is 4.79 Å². The third kappa shape index (κ3) is 3.86. The minimum atomic E-state index is -0.976. The van der Waals surface area contributed by atoms with Crippen molar-refractivity contribution in [2.24, 2.45) is 34.5 Å². The molecule has 0 aliphatic heterocycles. The molecule has 3 aliphatic carbocycles. The second-order valence-corrected chi connectivity index (χ2v) is 9.88. The number of carbonyl (C=O) groups excluding carboxylic acids is 4. The van der Waals surface area contributed by atoms with E-state index in [0.29, 0.717) is 25.8 Å². The van der Waals surface area contributed by atoms with Crippen LogP contribution in [0.25, 0.3) is 0 Å². The minimum absolute atomic E-state index is 0.000516. The lowest BCUT2D eigenvalue weighted by Gasteiger charge is -2.59. The topological polar surface area (TPSA) is 98.8 Å². The maximum Gasteiger partial charge on any atom is 0.330 e. The Kier molecular flexibility index (Phi) is 6.75. The zero-order chi connectivity index (χ0) is 23.0. The largest absolute Gasteiger partial charge is 0.469 e. The van der Waals surface area contributed by atoms with Crippen molar-refractivity contribution in [3.63, 3.8) is 0 Å². The van der Waals surface area contributed by atoms with Gasteiger partial charge in [-0.3, -0.25) is 14.4 Å². The molecule has 0 bridgehead atoms. The fraction of sp³-hybridized carbons (Fsp3) is 0.750. The molecule has 31 heavy (non-hydrogen) atoms. The molecule has 0 amide bonds. The molecule has 0 spiro atoms. The lowest BCUT2D eigenvalue weighted by atomic mass is 9.42. The SMILES string of the molecule is CNCCOC(=O)/C=C1/CC[C@H]2[C@@H](C(=O)C(=O)[C@H]3[C@]2(C)CCC[C@]3(C)C(=O)OC)[C@H]1C. The molecule has 7 nitrogen and oxygen atoms in total. The molecule has 0 unspecified atom stereocenters. The number of nitrogens with one attached hydrogen (secondary N) is 1. The summed E-state index contributed by atoms with van der Waals surface area (Å²) in [5, 5.41) is 2.92. The number of Topliss-reactive ketones (excluding diaryl/α,β-unsaturated/α-hetero) is 2. The summed E-state index contributed by atoms with van der Waals surface area (Å²) in [5.74, 6) is -2.98. The Morgan fingerprint density at radius 3 is 2.55 bits per heavy atom. The van der Waals surface area contributed by atoms with E-state index < -0.39 is 46.2 Å². The van der Waals surface area contributed by atoms with Crippen LogP contribution >= 0.6 is 0 Å². The summed E-state index contributed by atoms with van der Waals surface area (Å²) in [4.78, 5) is 51.7. The number of allylic oxidation sites excluding steroid dienone is 1. The molecule has 3 rings (SSSR count). The lowest BCUT2D eigenvalue weighted by molar-refractivity contribution is -0.183. The van der Waals surface area contributed by atoms with Gasteiger partial charge in [-0.2, -0.15) is 0 Å². The number of fused-ring (bicyclic) bond motifs is 3. The van der Waals surface area contributed by atoms with Gasteiger partial charge in [0, 0.05) is 24.5 Å². The van der Waals surface area contributed by atoms with Gasteiger partial charge in [-0.05, 0) is 56.9 Å².